The van der Waals surface area contributed by atoms with E-state index in [9.17, 15) is 9.59 Å². The standard InChI is InChI=1S/C14H23Cl3O4/c1-3-21-13(19)11(10-14(15,16)17)8-6-4-5-7-9-12(18)20-2/h11H,3-10H2,1-2H3. The van der Waals surface area contributed by atoms with Crippen molar-refractivity contribution in [1.82, 2.24) is 0 Å². The van der Waals surface area contributed by atoms with Gasteiger partial charge in [-0.2, -0.15) is 0 Å². The van der Waals surface area contributed by atoms with Gasteiger partial charge in [-0.15, -0.1) is 0 Å². The average Bonchev–Trinajstić information content (AvgIpc) is 2.39. The summed E-state index contributed by atoms with van der Waals surface area (Å²) in [5.41, 5.74) is 0. The summed E-state index contributed by atoms with van der Waals surface area (Å²) in [7, 11) is 1.38. The summed E-state index contributed by atoms with van der Waals surface area (Å²) < 4.78 is 8.11. The largest absolute Gasteiger partial charge is 0.469 e. The Bertz CT molecular complexity index is 316. The van der Waals surface area contributed by atoms with E-state index in [1.54, 1.807) is 6.92 Å². The first-order valence-electron chi connectivity index (χ1n) is 7.10. The van der Waals surface area contributed by atoms with Crippen LogP contribution in [0.4, 0.5) is 0 Å². The van der Waals surface area contributed by atoms with Crippen molar-refractivity contribution in [3.05, 3.63) is 0 Å². The normalized spacial score (nSPS) is 12.8. The molecule has 0 aliphatic rings. The van der Waals surface area contributed by atoms with Gasteiger partial charge in [0.15, 0.2) is 3.79 Å². The van der Waals surface area contributed by atoms with E-state index in [1.165, 1.54) is 7.11 Å². The van der Waals surface area contributed by atoms with Gasteiger partial charge in [0.25, 0.3) is 0 Å². The van der Waals surface area contributed by atoms with E-state index < -0.39 is 9.71 Å². The highest BCUT2D eigenvalue weighted by Gasteiger charge is 2.30. The molecule has 0 N–H and O–H groups in total. The summed E-state index contributed by atoms with van der Waals surface area (Å²) in [6.07, 6.45) is 4.60. The maximum atomic E-state index is 11.8. The average molecular weight is 362 g/mol. The molecular weight excluding hydrogens is 339 g/mol. The Kier molecular flexibility index (Phi) is 11.3. The van der Waals surface area contributed by atoms with Crippen molar-refractivity contribution in [2.45, 2.75) is 55.7 Å². The molecule has 0 aliphatic carbocycles. The Morgan fingerprint density at radius 1 is 1.10 bits per heavy atom. The monoisotopic (exact) mass is 360 g/mol. The Balaban J connectivity index is 4.01. The fraction of sp³-hybridized carbons (Fsp3) is 0.857. The molecule has 0 heterocycles. The lowest BCUT2D eigenvalue weighted by Gasteiger charge is -2.19. The summed E-state index contributed by atoms with van der Waals surface area (Å²) in [6.45, 7) is 2.06. The zero-order chi connectivity index (χ0) is 16.3. The molecule has 124 valence electrons. The second-order valence-corrected chi connectivity index (χ2v) is 7.31. The third-order valence-electron chi connectivity index (χ3n) is 3.01. The first-order valence-corrected chi connectivity index (χ1v) is 8.23. The lowest BCUT2D eigenvalue weighted by Crippen LogP contribution is -2.23. The van der Waals surface area contributed by atoms with Crippen molar-refractivity contribution in [2.24, 2.45) is 5.92 Å². The lowest BCUT2D eigenvalue weighted by molar-refractivity contribution is -0.148. The van der Waals surface area contributed by atoms with Crippen LogP contribution in [0.3, 0.4) is 0 Å². The molecule has 0 radical (unpaired) electrons. The van der Waals surface area contributed by atoms with E-state index in [0.717, 1.165) is 25.7 Å². The molecule has 1 atom stereocenters. The summed E-state index contributed by atoms with van der Waals surface area (Å²) in [5.74, 6) is -0.924. The molecule has 0 aromatic carbocycles. The van der Waals surface area contributed by atoms with Crippen LogP contribution in [0.25, 0.3) is 0 Å². The second kappa shape index (κ2) is 11.4. The van der Waals surface area contributed by atoms with Crippen LogP contribution in [0.2, 0.25) is 0 Å². The first-order chi connectivity index (χ1) is 9.80. The molecule has 0 aliphatic heterocycles. The lowest BCUT2D eigenvalue weighted by atomic mass is 9.98. The van der Waals surface area contributed by atoms with Gasteiger partial charge in [-0.1, -0.05) is 54.1 Å². The van der Waals surface area contributed by atoms with Gasteiger partial charge in [0.05, 0.1) is 19.6 Å². The minimum absolute atomic E-state index is 0.151. The molecule has 0 rings (SSSR count). The third-order valence-corrected chi connectivity index (χ3v) is 3.47. The van der Waals surface area contributed by atoms with Gasteiger partial charge < -0.3 is 9.47 Å². The Labute approximate surface area is 141 Å². The Hall–Kier alpha value is -0.190. The summed E-state index contributed by atoms with van der Waals surface area (Å²) in [6, 6.07) is 0. The zero-order valence-electron chi connectivity index (χ0n) is 12.5. The van der Waals surface area contributed by atoms with Crippen molar-refractivity contribution < 1.29 is 19.1 Å². The molecule has 21 heavy (non-hydrogen) atoms. The van der Waals surface area contributed by atoms with Crippen LogP contribution in [0, 0.1) is 5.92 Å². The molecule has 0 bridgehead atoms. The number of hydrogen-bond acceptors (Lipinski definition) is 4. The van der Waals surface area contributed by atoms with Gasteiger partial charge in [-0.25, -0.2) is 0 Å². The van der Waals surface area contributed by atoms with Gasteiger partial charge in [0.1, 0.15) is 0 Å². The van der Waals surface area contributed by atoms with E-state index in [4.69, 9.17) is 39.5 Å². The SMILES string of the molecule is CCOC(=O)C(CCCCCCC(=O)OC)CC(Cl)(Cl)Cl. The maximum absolute atomic E-state index is 11.8. The number of halogens is 3. The number of rotatable bonds is 10. The number of esters is 2. The number of carbonyl (C=O) groups is 2. The minimum Gasteiger partial charge on any atom is -0.469 e. The Morgan fingerprint density at radius 3 is 2.24 bits per heavy atom. The van der Waals surface area contributed by atoms with Gasteiger partial charge in [-0.05, 0) is 19.8 Å². The van der Waals surface area contributed by atoms with E-state index in [2.05, 4.69) is 4.74 Å². The molecule has 4 nitrogen and oxygen atoms in total. The van der Waals surface area contributed by atoms with Gasteiger partial charge in [0.2, 0.25) is 0 Å². The molecule has 0 aromatic rings. The fourth-order valence-electron chi connectivity index (χ4n) is 1.96. The van der Waals surface area contributed by atoms with Crippen molar-refractivity contribution in [1.29, 1.82) is 0 Å². The fourth-order valence-corrected chi connectivity index (χ4v) is 2.52. The maximum Gasteiger partial charge on any atom is 0.309 e. The number of methoxy groups -OCH3 is 1. The number of hydrogen-bond donors (Lipinski definition) is 0. The van der Waals surface area contributed by atoms with Crippen molar-refractivity contribution in [3.8, 4) is 0 Å². The van der Waals surface area contributed by atoms with Crippen LogP contribution < -0.4 is 0 Å². The van der Waals surface area contributed by atoms with Gasteiger partial charge in [0, 0.05) is 12.8 Å². The number of alkyl halides is 3. The highest BCUT2D eigenvalue weighted by Crippen LogP contribution is 2.35. The molecule has 0 fully saturated rings. The van der Waals surface area contributed by atoms with Crippen LogP contribution in [-0.2, 0) is 19.1 Å². The predicted octanol–water partition coefficient (Wildman–Crippen LogP) is 4.44. The van der Waals surface area contributed by atoms with Crippen molar-refractivity contribution >= 4 is 46.7 Å². The van der Waals surface area contributed by atoms with E-state index in [-0.39, 0.29) is 18.4 Å². The number of unbranched alkanes of at least 4 members (excludes halogenated alkanes) is 3. The van der Waals surface area contributed by atoms with E-state index >= 15 is 0 Å². The van der Waals surface area contributed by atoms with Crippen molar-refractivity contribution in [3.63, 3.8) is 0 Å². The van der Waals surface area contributed by atoms with Gasteiger partial charge >= 0.3 is 11.9 Å². The van der Waals surface area contributed by atoms with Crippen LogP contribution >= 0.6 is 34.8 Å². The van der Waals surface area contributed by atoms with Crippen LogP contribution in [-0.4, -0.2) is 29.4 Å². The summed E-state index contributed by atoms with van der Waals surface area (Å²) in [4.78, 5) is 22.8. The molecule has 0 saturated carbocycles. The van der Waals surface area contributed by atoms with Crippen molar-refractivity contribution in [2.75, 3.05) is 13.7 Å². The highest BCUT2D eigenvalue weighted by molar-refractivity contribution is 6.67. The van der Waals surface area contributed by atoms with E-state index in [1.807, 2.05) is 0 Å². The summed E-state index contributed by atoms with van der Waals surface area (Å²) in [5, 5.41) is 0. The number of carbonyl (C=O) groups excluding carboxylic acids is 2. The molecule has 0 aromatic heterocycles. The highest BCUT2D eigenvalue weighted by atomic mass is 35.6. The molecular formula is C14H23Cl3O4. The smallest absolute Gasteiger partial charge is 0.309 e. The molecule has 0 amide bonds. The molecule has 1 unspecified atom stereocenters. The van der Waals surface area contributed by atoms with E-state index in [0.29, 0.717) is 19.4 Å². The predicted molar refractivity (Wildman–Crippen MR) is 84.7 cm³/mol. The molecule has 0 saturated heterocycles. The Morgan fingerprint density at radius 2 is 1.71 bits per heavy atom. The van der Waals surface area contributed by atoms with Crippen LogP contribution in [0.5, 0.6) is 0 Å². The zero-order valence-corrected chi connectivity index (χ0v) is 14.8. The van der Waals surface area contributed by atoms with Crippen LogP contribution in [0.15, 0.2) is 0 Å². The van der Waals surface area contributed by atoms with Gasteiger partial charge in [-0.3, -0.25) is 9.59 Å². The molecule has 0 spiro atoms. The first kappa shape index (κ1) is 20.8. The second-order valence-electron chi connectivity index (χ2n) is 4.80. The molecule has 7 heteroatoms. The summed E-state index contributed by atoms with van der Waals surface area (Å²) >= 11 is 17.3. The third kappa shape index (κ3) is 12.1. The van der Waals surface area contributed by atoms with Crippen LogP contribution in [0.1, 0.15) is 51.9 Å². The minimum atomic E-state index is -1.46. The number of ether oxygens (including phenoxy) is 2. The topological polar surface area (TPSA) is 52.6 Å². The quantitative estimate of drug-likeness (QED) is 0.328.